The van der Waals surface area contributed by atoms with Gasteiger partial charge in [-0.3, -0.25) is 14.0 Å². The second-order valence-corrected chi connectivity index (χ2v) is 9.17. The monoisotopic (exact) mass is 446 g/mol. The van der Waals surface area contributed by atoms with Crippen molar-refractivity contribution in [3.63, 3.8) is 0 Å². The highest BCUT2D eigenvalue weighted by Crippen LogP contribution is 2.29. The minimum Gasteiger partial charge on any atom is -0.351 e. The summed E-state index contributed by atoms with van der Waals surface area (Å²) in [4.78, 5) is 35.2. The average Bonchev–Trinajstić information content (AvgIpc) is 3.41. The zero-order chi connectivity index (χ0) is 21.4. The number of thioether (sulfide) groups is 1. The van der Waals surface area contributed by atoms with Crippen LogP contribution in [0.1, 0.15) is 21.5 Å². The molecule has 0 spiro atoms. The number of thiophene rings is 1. The zero-order valence-corrected chi connectivity index (χ0v) is 18.3. The number of hydrogen-bond acceptors (Lipinski definition) is 6. The van der Waals surface area contributed by atoms with Crippen LogP contribution in [0.25, 0.3) is 27.6 Å². The second kappa shape index (κ2) is 8.13. The van der Waals surface area contributed by atoms with E-state index in [9.17, 15) is 9.59 Å². The lowest BCUT2D eigenvalue weighted by molar-refractivity contribution is -0.119. The van der Waals surface area contributed by atoms with Crippen LogP contribution in [0.5, 0.6) is 0 Å². The van der Waals surface area contributed by atoms with Gasteiger partial charge < -0.3 is 5.32 Å². The zero-order valence-electron chi connectivity index (χ0n) is 16.7. The van der Waals surface area contributed by atoms with E-state index in [4.69, 9.17) is 9.97 Å². The van der Waals surface area contributed by atoms with Crippen LogP contribution in [0.3, 0.4) is 0 Å². The minimum absolute atomic E-state index is 0.0385. The first-order valence-electron chi connectivity index (χ1n) is 9.75. The van der Waals surface area contributed by atoms with Crippen molar-refractivity contribution in [2.45, 2.75) is 18.6 Å². The molecule has 0 aliphatic heterocycles. The molecular formula is C23H18N4O2S2. The molecule has 0 radical (unpaired) electrons. The lowest BCUT2D eigenvalue weighted by Gasteiger charge is -2.08. The number of hydrogen-bond donors (Lipinski definition) is 1. The fourth-order valence-corrected chi connectivity index (χ4v) is 5.31. The summed E-state index contributed by atoms with van der Waals surface area (Å²) >= 11 is 2.83. The molecule has 6 nitrogen and oxygen atoms in total. The van der Waals surface area contributed by atoms with Gasteiger partial charge in [0.05, 0.1) is 33.7 Å². The SMILES string of the molecule is CC(=O)NCc1ccc(C(=O)CSc2nc3ccccc3c3nc4ccccc4n23)s1. The number of rotatable bonds is 6. The Labute approximate surface area is 186 Å². The number of imidazole rings is 1. The van der Waals surface area contributed by atoms with Gasteiger partial charge in [0.2, 0.25) is 5.91 Å². The van der Waals surface area contributed by atoms with Gasteiger partial charge in [0, 0.05) is 17.2 Å². The maximum absolute atomic E-state index is 12.8. The van der Waals surface area contributed by atoms with E-state index in [2.05, 4.69) is 5.32 Å². The Bertz CT molecular complexity index is 1450. The first-order chi connectivity index (χ1) is 15.1. The summed E-state index contributed by atoms with van der Waals surface area (Å²) < 4.78 is 2.03. The van der Waals surface area contributed by atoms with Gasteiger partial charge in [-0.25, -0.2) is 9.97 Å². The predicted molar refractivity (Wildman–Crippen MR) is 125 cm³/mol. The average molecular weight is 447 g/mol. The molecule has 0 bridgehead atoms. The van der Waals surface area contributed by atoms with E-state index < -0.39 is 0 Å². The van der Waals surface area contributed by atoms with Crippen LogP contribution >= 0.6 is 23.1 Å². The van der Waals surface area contributed by atoms with Crippen molar-refractivity contribution in [1.29, 1.82) is 0 Å². The molecule has 0 atom stereocenters. The Morgan fingerprint density at radius 3 is 2.61 bits per heavy atom. The van der Waals surface area contributed by atoms with Crippen LogP contribution in [-0.4, -0.2) is 31.8 Å². The van der Waals surface area contributed by atoms with E-state index in [0.717, 1.165) is 37.6 Å². The normalized spacial score (nSPS) is 11.4. The van der Waals surface area contributed by atoms with Crippen molar-refractivity contribution in [3.8, 4) is 0 Å². The number of amides is 1. The van der Waals surface area contributed by atoms with Crippen LogP contribution < -0.4 is 5.32 Å². The van der Waals surface area contributed by atoms with Gasteiger partial charge in [0.1, 0.15) is 5.65 Å². The van der Waals surface area contributed by atoms with E-state index in [1.54, 1.807) is 0 Å². The highest BCUT2D eigenvalue weighted by atomic mass is 32.2. The highest BCUT2D eigenvalue weighted by molar-refractivity contribution is 7.99. The van der Waals surface area contributed by atoms with Crippen molar-refractivity contribution in [3.05, 3.63) is 70.4 Å². The first-order valence-corrected chi connectivity index (χ1v) is 11.6. The fraction of sp³-hybridized carbons (Fsp3) is 0.130. The van der Waals surface area contributed by atoms with Crippen LogP contribution in [-0.2, 0) is 11.3 Å². The Morgan fingerprint density at radius 2 is 1.77 bits per heavy atom. The third-order valence-corrected chi connectivity index (χ3v) is 6.96. The van der Waals surface area contributed by atoms with Crippen molar-refractivity contribution in [2.75, 3.05) is 5.75 Å². The number of fused-ring (bicyclic) bond motifs is 5. The topological polar surface area (TPSA) is 76.4 Å². The largest absolute Gasteiger partial charge is 0.351 e. The number of aromatic nitrogens is 3. The second-order valence-electron chi connectivity index (χ2n) is 7.06. The molecule has 5 aromatic rings. The van der Waals surface area contributed by atoms with Gasteiger partial charge in [-0.15, -0.1) is 11.3 Å². The smallest absolute Gasteiger partial charge is 0.217 e. The van der Waals surface area contributed by atoms with Crippen molar-refractivity contribution in [2.24, 2.45) is 0 Å². The van der Waals surface area contributed by atoms with Crippen LogP contribution in [0.15, 0.2) is 65.8 Å². The van der Waals surface area contributed by atoms with Gasteiger partial charge in [-0.2, -0.15) is 0 Å². The van der Waals surface area contributed by atoms with E-state index in [-0.39, 0.29) is 17.4 Å². The Hall–Kier alpha value is -3.23. The number of nitrogens with zero attached hydrogens (tertiary/aromatic N) is 3. The molecule has 2 aromatic carbocycles. The highest BCUT2D eigenvalue weighted by Gasteiger charge is 2.16. The van der Waals surface area contributed by atoms with Gasteiger partial charge in [0.25, 0.3) is 0 Å². The molecule has 0 aliphatic rings. The molecule has 5 rings (SSSR count). The molecule has 0 aliphatic carbocycles. The quantitative estimate of drug-likeness (QED) is 0.232. The van der Waals surface area contributed by atoms with E-state index >= 15 is 0 Å². The molecule has 3 aromatic heterocycles. The third-order valence-electron chi connectivity index (χ3n) is 4.89. The summed E-state index contributed by atoms with van der Waals surface area (Å²) in [6, 6.07) is 19.6. The van der Waals surface area contributed by atoms with Gasteiger partial charge in [-0.1, -0.05) is 36.0 Å². The molecule has 8 heteroatoms. The van der Waals surface area contributed by atoms with Crippen molar-refractivity contribution < 1.29 is 9.59 Å². The lowest BCUT2D eigenvalue weighted by atomic mass is 10.2. The molecule has 154 valence electrons. The maximum atomic E-state index is 12.8. The minimum atomic E-state index is -0.0872. The predicted octanol–water partition coefficient (Wildman–Crippen LogP) is 4.71. The molecule has 0 saturated heterocycles. The van der Waals surface area contributed by atoms with Crippen LogP contribution in [0.4, 0.5) is 0 Å². The number of para-hydroxylation sites is 3. The summed E-state index contributed by atoms with van der Waals surface area (Å²) in [6.07, 6.45) is 0. The molecule has 0 saturated carbocycles. The Kier molecular flexibility index (Phi) is 5.17. The van der Waals surface area contributed by atoms with Gasteiger partial charge in [-0.05, 0) is 36.4 Å². The number of Topliss-reactive ketones (excluding diaryl/α,β-unsaturated/α-hetero) is 1. The third kappa shape index (κ3) is 3.80. The number of ketones is 1. The summed E-state index contributed by atoms with van der Waals surface area (Å²) in [5.74, 6) is 0.222. The molecule has 0 fully saturated rings. The Morgan fingerprint density at radius 1 is 1.00 bits per heavy atom. The van der Waals surface area contributed by atoms with E-state index in [1.165, 1.54) is 30.0 Å². The number of benzene rings is 2. The summed E-state index contributed by atoms with van der Waals surface area (Å²) in [5, 5.41) is 4.48. The standard InChI is InChI=1S/C23H18N4O2S2/c1-14(28)24-12-15-10-11-21(31-15)20(29)13-30-23-26-17-7-3-2-6-16(17)22-25-18-8-4-5-9-19(18)27(22)23/h2-11H,12-13H2,1H3,(H,24,28). The first kappa shape index (κ1) is 19.7. The van der Waals surface area contributed by atoms with E-state index in [0.29, 0.717) is 11.4 Å². The number of nitrogens with one attached hydrogen (secondary N) is 1. The van der Waals surface area contributed by atoms with Crippen molar-refractivity contribution in [1.82, 2.24) is 19.7 Å². The summed E-state index contributed by atoms with van der Waals surface area (Å²) in [5.41, 5.74) is 3.57. The van der Waals surface area contributed by atoms with Crippen LogP contribution in [0, 0.1) is 0 Å². The molecule has 1 amide bonds. The number of carbonyl (C=O) groups is 2. The molecule has 0 unspecified atom stereocenters. The lowest BCUT2D eigenvalue weighted by Crippen LogP contribution is -2.18. The van der Waals surface area contributed by atoms with E-state index in [1.807, 2.05) is 65.1 Å². The molecule has 31 heavy (non-hydrogen) atoms. The van der Waals surface area contributed by atoms with Crippen LogP contribution in [0.2, 0.25) is 0 Å². The maximum Gasteiger partial charge on any atom is 0.217 e. The molecule has 1 N–H and O–H groups in total. The van der Waals surface area contributed by atoms with Gasteiger partial charge in [0.15, 0.2) is 10.9 Å². The molecular weight excluding hydrogens is 428 g/mol. The van der Waals surface area contributed by atoms with Gasteiger partial charge >= 0.3 is 0 Å². The van der Waals surface area contributed by atoms with Crippen molar-refractivity contribution >= 4 is 62.4 Å². The Balaban J connectivity index is 1.47. The summed E-state index contributed by atoms with van der Waals surface area (Å²) in [7, 11) is 0. The fourth-order valence-electron chi connectivity index (χ4n) is 3.45. The summed E-state index contributed by atoms with van der Waals surface area (Å²) in [6.45, 7) is 1.92. The molecule has 3 heterocycles. The number of carbonyl (C=O) groups excluding carboxylic acids is 2.